The Labute approximate surface area is 199 Å². The third-order valence-corrected chi connectivity index (χ3v) is 6.06. The Bertz CT molecular complexity index is 1040. The summed E-state index contributed by atoms with van der Waals surface area (Å²) in [4.78, 5) is 0. The molecule has 0 aliphatic heterocycles. The molecule has 0 spiro atoms. The first-order chi connectivity index (χ1) is 16.3. The lowest BCUT2D eigenvalue weighted by atomic mass is 9.82. The van der Waals surface area contributed by atoms with Crippen LogP contribution in [0.2, 0.25) is 0 Å². The maximum Gasteiger partial charge on any atom is 0.166 e. The Hall–Kier alpha value is -2.99. The molecule has 2 aromatic carbocycles. The van der Waals surface area contributed by atoms with Gasteiger partial charge in [-0.15, -0.1) is 0 Å². The van der Waals surface area contributed by atoms with Crippen LogP contribution in [0.15, 0.2) is 72.8 Å². The number of halogens is 3. The van der Waals surface area contributed by atoms with Crippen molar-refractivity contribution in [3.05, 3.63) is 90.0 Å². The predicted octanol–water partition coefficient (Wildman–Crippen LogP) is 7.64. The fourth-order valence-electron chi connectivity index (χ4n) is 4.16. The lowest BCUT2D eigenvalue weighted by Crippen LogP contribution is -2.20. The summed E-state index contributed by atoms with van der Waals surface area (Å²) in [6.07, 6.45) is 4.66. The minimum absolute atomic E-state index is 0.00316. The van der Waals surface area contributed by atoms with Gasteiger partial charge >= 0.3 is 0 Å². The number of allylic oxidation sites excluding steroid dienone is 1. The summed E-state index contributed by atoms with van der Waals surface area (Å²) < 4.78 is 59.7. The summed E-state index contributed by atoms with van der Waals surface area (Å²) in [5.74, 6) is -1.80. The van der Waals surface area contributed by atoms with Gasteiger partial charge in [-0.25, -0.2) is 13.2 Å². The normalized spacial score (nSPS) is 18.4. The predicted molar refractivity (Wildman–Crippen MR) is 128 cm³/mol. The summed E-state index contributed by atoms with van der Waals surface area (Å²) in [5.41, 5.74) is 1.56. The van der Waals surface area contributed by atoms with E-state index in [1.165, 1.54) is 6.08 Å². The van der Waals surface area contributed by atoms with Crippen LogP contribution in [0.5, 0.6) is 5.75 Å². The average molecular weight is 473 g/mol. The van der Waals surface area contributed by atoms with Gasteiger partial charge in [0.2, 0.25) is 0 Å². The quantitative estimate of drug-likeness (QED) is 0.263. The van der Waals surface area contributed by atoms with Crippen molar-refractivity contribution in [2.24, 2.45) is 0 Å². The molecule has 34 heavy (non-hydrogen) atoms. The van der Waals surface area contributed by atoms with Crippen molar-refractivity contribution in [2.75, 3.05) is 20.3 Å². The summed E-state index contributed by atoms with van der Waals surface area (Å²) in [5, 5.41) is 0. The molecule has 3 rings (SSSR count). The van der Waals surface area contributed by atoms with Gasteiger partial charge in [0.15, 0.2) is 17.5 Å². The molecule has 0 saturated heterocycles. The Morgan fingerprint density at radius 3 is 2.29 bits per heavy atom. The second-order valence-corrected chi connectivity index (χ2v) is 8.36. The molecule has 182 valence electrons. The van der Waals surface area contributed by atoms with E-state index >= 15 is 0 Å². The van der Waals surface area contributed by atoms with Crippen LogP contribution in [0, 0.1) is 11.6 Å². The SMILES string of the molecule is C=C(/C=C(/F)C(=C)OCC)COc1ccc(-c2ccc(C3CCC(OC)CC3)c(F)c2F)cc1. The molecule has 0 heterocycles. The van der Waals surface area contributed by atoms with Crippen molar-refractivity contribution < 1.29 is 27.4 Å². The first-order valence-corrected chi connectivity index (χ1v) is 11.4. The van der Waals surface area contributed by atoms with Crippen LogP contribution in [0.1, 0.15) is 44.1 Å². The third-order valence-electron chi connectivity index (χ3n) is 6.06. The minimum atomic E-state index is -0.844. The highest BCUT2D eigenvalue weighted by molar-refractivity contribution is 5.65. The van der Waals surface area contributed by atoms with E-state index in [-0.39, 0.29) is 30.0 Å². The second kappa shape index (κ2) is 11.9. The van der Waals surface area contributed by atoms with Crippen LogP contribution in [0.3, 0.4) is 0 Å². The van der Waals surface area contributed by atoms with E-state index in [2.05, 4.69) is 13.2 Å². The Balaban J connectivity index is 1.64. The number of ether oxygens (including phenoxy) is 3. The van der Waals surface area contributed by atoms with Gasteiger partial charge in [0.05, 0.1) is 12.7 Å². The van der Waals surface area contributed by atoms with E-state index in [0.29, 0.717) is 29.1 Å². The van der Waals surface area contributed by atoms with Crippen LogP contribution >= 0.6 is 0 Å². The molecule has 0 unspecified atom stereocenters. The summed E-state index contributed by atoms with van der Waals surface area (Å²) in [6.45, 7) is 9.36. The summed E-state index contributed by atoms with van der Waals surface area (Å²) in [7, 11) is 1.69. The van der Waals surface area contributed by atoms with Crippen LogP contribution in [-0.2, 0) is 9.47 Å². The third kappa shape index (κ3) is 6.32. The molecule has 0 N–H and O–H groups in total. The van der Waals surface area contributed by atoms with Gasteiger partial charge in [-0.3, -0.25) is 0 Å². The molecule has 0 radical (unpaired) electrons. The van der Waals surface area contributed by atoms with Crippen molar-refractivity contribution in [1.82, 2.24) is 0 Å². The topological polar surface area (TPSA) is 27.7 Å². The van der Waals surface area contributed by atoms with Gasteiger partial charge < -0.3 is 14.2 Å². The molecular weight excluding hydrogens is 441 g/mol. The monoisotopic (exact) mass is 472 g/mol. The molecule has 6 heteroatoms. The molecule has 0 bridgehead atoms. The highest BCUT2D eigenvalue weighted by atomic mass is 19.2. The van der Waals surface area contributed by atoms with Gasteiger partial charge in [-0.1, -0.05) is 37.4 Å². The minimum Gasteiger partial charge on any atom is -0.491 e. The van der Waals surface area contributed by atoms with Gasteiger partial charge in [0.1, 0.15) is 18.1 Å². The summed E-state index contributed by atoms with van der Waals surface area (Å²) in [6, 6.07) is 9.95. The molecule has 1 aliphatic rings. The average Bonchev–Trinajstić information content (AvgIpc) is 2.85. The van der Waals surface area contributed by atoms with E-state index in [0.717, 1.165) is 25.7 Å². The first kappa shape index (κ1) is 25.6. The largest absolute Gasteiger partial charge is 0.491 e. The molecule has 2 aromatic rings. The van der Waals surface area contributed by atoms with Crippen LogP contribution in [0.4, 0.5) is 13.2 Å². The van der Waals surface area contributed by atoms with Crippen molar-refractivity contribution in [2.45, 2.75) is 44.6 Å². The Kier molecular flexibility index (Phi) is 8.99. The molecule has 1 fully saturated rings. The zero-order chi connectivity index (χ0) is 24.7. The molecular formula is C28H31F3O3. The number of benzene rings is 2. The molecule has 0 amide bonds. The van der Waals surface area contributed by atoms with Crippen molar-refractivity contribution in [3.8, 4) is 16.9 Å². The smallest absolute Gasteiger partial charge is 0.166 e. The number of methoxy groups -OCH3 is 1. The van der Waals surface area contributed by atoms with E-state index in [4.69, 9.17) is 14.2 Å². The van der Waals surface area contributed by atoms with Crippen LogP contribution < -0.4 is 4.74 Å². The fraction of sp³-hybridized carbons (Fsp3) is 0.357. The van der Waals surface area contributed by atoms with Gasteiger partial charge in [-0.05, 0) is 73.4 Å². The lowest BCUT2D eigenvalue weighted by molar-refractivity contribution is 0.0655. The van der Waals surface area contributed by atoms with E-state index in [1.807, 2.05) is 0 Å². The zero-order valence-corrected chi connectivity index (χ0v) is 19.7. The molecule has 0 atom stereocenters. The van der Waals surface area contributed by atoms with Crippen molar-refractivity contribution in [3.63, 3.8) is 0 Å². The van der Waals surface area contributed by atoms with Crippen molar-refractivity contribution in [1.29, 1.82) is 0 Å². The highest BCUT2D eigenvalue weighted by Gasteiger charge is 2.26. The highest BCUT2D eigenvalue weighted by Crippen LogP contribution is 2.37. The second-order valence-electron chi connectivity index (χ2n) is 8.36. The van der Waals surface area contributed by atoms with Crippen LogP contribution in [0.25, 0.3) is 11.1 Å². The van der Waals surface area contributed by atoms with Crippen LogP contribution in [-0.4, -0.2) is 26.4 Å². The van der Waals surface area contributed by atoms with E-state index in [9.17, 15) is 13.2 Å². The molecule has 1 aliphatic carbocycles. The van der Waals surface area contributed by atoms with Crippen molar-refractivity contribution >= 4 is 0 Å². The molecule has 3 nitrogen and oxygen atoms in total. The fourth-order valence-corrected chi connectivity index (χ4v) is 4.16. The molecule has 0 aromatic heterocycles. The van der Waals surface area contributed by atoms with E-state index < -0.39 is 17.5 Å². The Morgan fingerprint density at radius 1 is 1.00 bits per heavy atom. The number of hydrogen-bond donors (Lipinski definition) is 0. The van der Waals surface area contributed by atoms with Gasteiger partial charge in [-0.2, -0.15) is 0 Å². The maximum absolute atomic E-state index is 14.9. The zero-order valence-electron chi connectivity index (χ0n) is 19.7. The molecule has 1 saturated carbocycles. The number of rotatable bonds is 10. The summed E-state index contributed by atoms with van der Waals surface area (Å²) >= 11 is 0. The van der Waals surface area contributed by atoms with E-state index in [1.54, 1.807) is 50.4 Å². The van der Waals surface area contributed by atoms with Gasteiger partial charge in [0.25, 0.3) is 0 Å². The maximum atomic E-state index is 14.9. The van der Waals surface area contributed by atoms with Gasteiger partial charge in [0, 0.05) is 12.7 Å². The Morgan fingerprint density at radius 2 is 1.68 bits per heavy atom. The first-order valence-electron chi connectivity index (χ1n) is 11.4. The standard InChI is InChI=1S/C28H31F3O3/c1-5-33-19(3)26(29)16-18(2)17-34-23-12-8-21(9-13-23)25-15-14-24(27(30)28(25)31)20-6-10-22(32-4)11-7-20/h8-9,12-16,20,22H,2-3,5-7,10-11,17H2,1,4H3/b26-16+. The number of hydrogen-bond acceptors (Lipinski definition) is 3. The lowest BCUT2D eigenvalue weighted by Gasteiger charge is -2.28.